The summed E-state index contributed by atoms with van der Waals surface area (Å²) in [5, 5.41) is 2.98. The lowest BCUT2D eigenvalue weighted by Crippen LogP contribution is -2.31. The molecule has 6 heteroatoms. The number of nitrogens with one attached hydrogen (secondary N) is 2. The van der Waals surface area contributed by atoms with E-state index in [0.29, 0.717) is 13.1 Å². The largest absolute Gasteiger partial charge is 0.316 e. The first-order valence-electron chi connectivity index (χ1n) is 5.46. The van der Waals surface area contributed by atoms with Crippen LogP contribution in [0, 0.1) is 0 Å². The first kappa shape index (κ1) is 14.6. The van der Waals surface area contributed by atoms with E-state index in [4.69, 9.17) is 0 Å². The van der Waals surface area contributed by atoms with Crippen molar-refractivity contribution in [1.82, 2.24) is 10.0 Å². The summed E-state index contributed by atoms with van der Waals surface area (Å²) in [4.78, 5) is 0. The van der Waals surface area contributed by atoms with Crippen LogP contribution in [-0.4, -0.2) is 27.3 Å². The number of hydrogen-bond donors (Lipinski definition) is 2. The minimum Gasteiger partial charge on any atom is -0.316 e. The maximum Gasteiger partial charge on any atom is 0.213 e. The quantitative estimate of drug-likeness (QED) is 0.748. The van der Waals surface area contributed by atoms with Gasteiger partial charge in [0.05, 0.1) is 5.75 Å². The molecule has 0 spiro atoms. The van der Waals surface area contributed by atoms with Crippen LogP contribution >= 0.6 is 15.9 Å². The molecule has 0 aliphatic carbocycles. The SMILES string of the molecule is CCNCCS(=O)(=O)NCc1ccc(Br)cc1. The summed E-state index contributed by atoms with van der Waals surface area (Å²) < 4.78 is 26.7. The van der Waals surface area contributed by atoms with E-state index in [2.05, 4.69) is 26.0 Å². The van der Waals surface area contributed by atoms with Crippen LogP contribution in [0.1, 0.15) is 12.5 Å². The maximum atomic E-state index is 11.6. The van der Waals surface area contributed by atoms with E-state index < -0.39 is 10.0 Å². The molecule has 0 heterocycles. The van der Waals surface area contributed by atoms with E-state index in [9.17, 15) is 8.42 Å². The van der Waals surface area contributed by atoms with Gasteiger partial charge in [0.25, 0.3) is 0 Å². The highest BCUT2D eigenvalue weighted by molar-refractivity contribution is 9.10. The minimum atomic E-state index is -3.19. The molecule has 0 aliphatic heterocycles. The Bertz CT molecular complexity index is 431. The van der Waals surface area contributed by atoms with Gasteiger partial charge in [0.2, 0.25) is 10.0 Å². The Morgan fingerprint density at radius 1 is 1.24 bits per heavy atom. The van der Waals surface area contributed by atoms with Crippen LogP contribution in [0.3, 0.4) is 0 Å². The molecule has 0 saturated carbocycles. The van der Waals surface area contributed by atoms with E-state index in [1.54, 1.807) is 0 Å². The normalized spacial score (nSPS) is 11.6. The van der Waals surface area contributed by atoms with Crippen LogP contribution in [0.2, 0.25) is 0 Å². The molecule has 1 rings (SSSR count). The number of benzene rings is 1. The first-order valence-corrected chi connectivity index (χ1v) is 7.90. The second-order valence-electron chi connectivity index (χ2n) is 3.62. The fourth-order valence-corrected chi connectivity index (χ4v) is 2.46. The summed E-state index contributed by atoms with van der Waals surface area (Å²) in [7, 11) is -3.19. The third-order valence-corrected chi connectivity index (χ3v) is 4.06. The molecule has 1 aromatic carbocycles. The maximum absolute atomic E-state index is 11.6. The topological polar surface area (TPSA) is 58.2 Å². The fraction of sp³-hybridized carbons (Fsp3) is 0.455. The second kappa shape index (κ2) is 7.10. The molecule has 0 bridgehead atoms. The van der Waals surface area contributed by atoms with Crippen molar-refractivity contribution in [2.75, 3.05) is 18.8 Å². The predicted octanol–water partition coefficient (Wildman–Crippen LogP) is 1.48. The zero-order chi connectivity index (χ0) is 12.7. The summed E-state index contributed by atoms with van der Waals surface area (Å²) in [5.41, 5.74) is 0.945. The average molecular weight is 321 g/mol. The Morgan fingerprint density at radius 3 is 2.47 bits per heavy atom. The second-order valence-corrected chi connectivity index (χ2v) is 6.46. The van der Waals surface area contributed by atoms with E-state index >= 15 is 0 Å². The van der Waals surface area contributed by atoms with Crippen LogP contribution in [0.25, 0.3) is 0 Å². The lowest BCUT2D eigenvalue weighted by atomic mass is 10.2. The van der Waals surface area contributed by atoms with Crippen molar-refractivity contribution in [3.8, 4) is 0 Å². The Balaban J connectivity index is 2.41. The Hall–Kier alpha value is -0.430. The molecule has 0 saturated heterocycles. The Kier molecular flexibility index (Phi) is 6.11. The number of sulfonamides is 1. The molecule has 1 aromatic rings. The third-order valence-electron chi connectivity index (χ3n) is 2.21. The average Bonchev–Trinajstić information content (AvgIpc) is 2.29. The van der Waals surface area contributed by atoms with Crippen molar-refractivity contribution in [3.05, 3.63) is 34.3 Å². The van der Waals surface area contributed by atoms with Crippen LogP contribution in [0.15, 0.2) is 28.7 Å². The molecule has 0 fully saturated rings. The van der Waals surface area contributed by atoms with Gasteiger partial charge in [-0.2, -0.15) is 0 Å². The standard InChI is InChI=1S/C11H17BrN2O2S/c1-2-13-7-8-17(15,16)14-9-10-3-5-11(12)6-4-10/h3-6,13-14H,2,7-9H2,1H3. The molecular formula is C11H17BrN2O2S. The van der Waals surface area contributed by atoms with Crippen LogP contribution < -0.4 is 10.0 Å². The molecule has 2 N–H and O–H groups in total. The van der Waals surface area contributed by atoms with Crippen molar-refractivity contribution in [3.63, 3.8) is 0 Å². The lowest BCUT2D eigenvalue weighted by Gasteiger charge is -2.07. The van der Waals surface area contributed by atoms with Crippen molar-refractivity contribution in [2.24, 2.45) is 0 Å². The molecule has 0 aromatic heterocycles. The summed E-state index contributed by atoms with van der Waals surface area (Å²) in [5.74, 6) is 0.109. The first-order chi connectivity index (χ1) is 8.03. The van der Waals surface area contributed by atoms with Crippen molar-refractivity contribution in [1.29, 1.82) is 0 Å². The highest BCUT2D eigenvalue weighted by Gasteiger charge is 2.08. The van der Waals surface area contributed by atoms with Gasteiger partial charge in [-0.3, -0.25) is 0 Å². The smallest absolute Gasteiger partial charge is 0.213 e. The molecular weight excluding hydrogens is 304 g/mol. The van der Waals surface area contributed by atoms with Gasteiger partial charge in [-0.05, 0) is 24.2 Å². The summed E-state index contributed by atoms with van der Waals surface area (Å²) in [6, 6.07) is 7.55. The molecule has 0 aliphatic rings. The van der Waals surface area contributed by atoms with Crippen molar-refractivity contribution in [2.45, 2.75) is 13.5 Å². The van der Waals surface area contributed by atoms with Gasteiger partial charge in [0, 0.05) is 17.6 Å². The molecule has 0 atom stereocenters. The zero-order valence-electron chi connectivity index (χ0n) is 9.74. The highest BCUT2D eigenvalue weighted by atomic mass is 79.9. The van der Waals surface area contributed by atoms with Gasteiger partial charge in [-0.25, -0.2) is 13.1 Å². The predicted molar refractivity (Wildman–Crippen MR) is 73.3 cm³/mol. The molecule has 0 unspecified atom stereocenters. The molecule has 4 nitrogen and oxygen atoms in total. The van der Waals surface area contributed by atoms with Gasteiger partial charge >= 0.3 is 0 Å². The summed E-state index contributed by atoms with van der Waals surface area (Å²) in [6.45, 7) is 3.54. The molecule has 96 valence electrons. The monoisotopic (exact) mass is 320 g/mol. The van der Waals surface area contributed by atoms with E-state index in [1.807, 2.05) is 31.2 Å². The van der Waals surface area contributed by atoms with E-state index in [0.717, 1.165) is 16.6 Å². The van der Waals surface area contributed by atoms with E-state index in [1.165, 1.54) is 0 Å². The molecule has 0 radical (unpaired) electrons. The van der Waals surface area contributed by atoms with Crippen molar-refractivity contribution >= 4 is 26.0 Å². The number of hydrogen-bond acceptors (Lipinski definition) is 3. The van der Waals surface area contributed by atoms with Crippen molar-refractivity contribution < 1.29 is 8.42 Å². The lowest BCUT2D eigenvalue weighted by molar-refractivity contribution is 0.577. The van der Waals surface area contributed by atoms with Crippen LogP contribution in [0.5, 0.6) is 0 Å². The minimum absolute atomic E-state index is 0.109. The fourth-order valence-electron chi connectivity index (χ4n) is 1.25. The summed E-state index contributed by atoms with van der Waals surface area (Å²) in [6.07, 6.45) is 0. The zero-order valence-corrected chi connectivity index (χ0v) is 12.1. The Morgan fingerprint density at radius 2 is 1.88 bits per heavy atom. The van der Waals surface area contributed by atoms with Gasteiger partial charge in [0.15, 0.2) is 0 Å². The van der Waals surface area contributed by atoms with Gasteiger partial charge < -0.3 is 5.32 Å². The third kappa shape index (κ3) is 6.16. The van der Waals surface area contributed by atoms with Crippen LogP contribution in [0.4, 0.5) is 0 Å². The van der Waals surface area contributed by atoms with Crippen LogP contribution in [-0.2, 0) is 16.6 Å². The molecule has 17 heavy (non-hydrogen) atoms. The van der Waals surface area contributed by atoms with Gasteiger partial charge in [-0.15, -0.1) is 0 Å². The highest BCUT2D eigenvalue weighted by Crippen LogP contribution is 2.10. The molecule has 0 amide bonds. The number of halogens is 1. The number of rotatable bonds is 7. The summed E-state index contributed by atoms with van der Waals surface area (Å²) >= 11 is 3.33. The van der Waals surface area contributed by atoms with Gasteiger partial charge in [0.1, 0.15) is 0 Å². The van der Waals surface area contributed by atoms with Gasteiger partial charge in [-0.1, -0.05) is 35.0 Å². The van der Waals surface area contributed by atoms with E-state index in [-0.39, 0.29) is 5.75 Å². The Labute approximate surface area is 111 Å².